The van der Waals surface area contributed by atoms with Crippen molar-refractivity contribution < 1.29 is 9.18 Å². The highest BCUT2D eigenvalue weighted by Gasteiger charge is 2.14. The highest BCUT2D eigenvalue weighted by Crippen LogP contribution is 2.14. The second kappa shape index (κ2) is 4.71. The van der Waals surface area contributed by atoms with Crippen molar-refractivity contribution in [1.82, 2.24) is 19.6 Å². The molecular weight excluding hydrogens is 251 g/mol. The summed E-state index contributed by atoms with van der Waals surface area (Å²) in [5.41, 5.74) is 6.55. The maximum Gasteiger partial charge on any atom is 0.267 e. The summed E-state index contributed by atoms with van der Waals surface area (Å²) in [6, 6.07) is 1.52. The van der Waals surface area contributed by atoms with Crippen molar-refractivity contribution in [3.05, 3.63) is 29.0 Å². The maximum absolute atomic E-state index is 13.7. The van der Waals surface area contributed by atoms with Crippen LogP contribution in [0.3, 0.4) is 0 Å². The fourth-order valence-corrected chi connectivity index (χ4v) is 1.84. The van der Waals surface area contributed by atoms with Crippen LogP contribution < -0.4 is 11.1 Å². The Morgan fingerprint density at radius 2 is 2.11 bits per heavy atom. The first-order valence-corrected chi connectivity index (χ1v) is 5.66. The van der Waals surface area contributed by atoms with E-state index in [4.69, 9.17) is 5.73 Å². The molecule has 1 amide bonds. The van der Waals surface area contributed by atoms with Crippen LogP contribution in [0.15, 0.2) is 6.07 Å². The van der Waals surface area contributed by atoms with Gasteiger partial charge in [-0.1, -0.05) is 0 Å². The lowest BCUT2D eigenvalue weighted by Gasteiger charge is -2.01. The molecule has 0 atom stereocenters. The molecule has 0 fully saturated rings. The number of carbonyl (C=O) groups excluding carboxylic acids is 1. The zero-order valence-corrected chi connectivity index (χ0v) is 10.9. The number of anilines is 1. The topological polar surface area (TPSA) is 90.8 Å². The Kier molecular flexibility index (Phi) is 3.24. The molecule has 0 aliphatic carbocycles. The lowest BCUT2D eigenvalue weighted by atomic mass is 10.2. The monoisotopic (exact) mass is 266 g/mol. The molecule has 2 aromatic heterocycles. The normalized spacial score (nSPS) is 10.7. The van der Waals surface area contributed by atoms with E-state index in [1.807, 2.05) is 0 Å². The standard InChI is InChI=1S/C11H15FN6O/c1-6-7(10(12)18(3)15-6)5-14-9-4-8(11(13)19)17(2)16-9/h4H,5H2,1-3H3,(H2,13,19)(H,14,16). The van der Waals surface area contributed by atoms with Gasteiger partial charge in [0.2, 0.25) is 5.95 Å². The second-order valence-corrected chi connectivity index (χ2v) is 4.23. The summed E-state index contributed by atoms with van der Waals surface area (Å²) in [4.78, 5) is 11.1. The van der Waals surface area contributed by atoms with Crippen LogP contribution in [0.2, 0.25) is 0 Å². The molecule has 2 rings (SSSR count). The van der Waals surface area contributed by atoms with Gasteiger partial charge in [0, 0.05) is 32.3 Å². The van der Waals surface area contributed by atoms with Gasteiger partial charge in [-0.25, -0.2) is 4.68 Å². The molecule has 0 bridgehead atoms. The molecule has 0 radical (unpaired) electrons. The molecule has 8 heteroatoms. The van der Waals surface area contributed by atoms with E-state index in [0.29, 0.717) is 17.1 Å². The fourth-order valence-electron chi connectivity index (χ4n) is 1.84. The molecule has 2 heterocycles. The molecule has 3 N–H and O–H groups in total. The summed E-state index contributed by atoms with van der Waals surface area (Å²) >= 11 is 0. The summed E-state index contributed by atoms with van der Waals surface area (Å²) in [7, 11) is 3.15. The fraction of sp³-hybridized carbons (Fsp3) is 0.364. The zero-order chi connectivity index (χ0) is 14.2. The number of nitrogens with zero attached hydrogens (tertiary/aromatic N) is 4. The highest BCUT2D eigenvalue weighted by molar-refractivity contribution is 5.91. The Morgan fingerprint density at radius 1 is 1.42 bits per heavy atom. The number of nitrogens with one attached hydrogen (secondary N) is 1. The Morgan fingerprint density at radius 3 is 2.58 bits per heavy atom. The number of aryl methyl sites for hydroxylation is 3. The number of primary amides is 1. The number of hydrogen-bond acceptors (Lipinski definition) is 4. The van der Waals surface area contributed by atoms with E-state index >= 15 is 0 Å². The van der Waals surface area contributed by atoms with Crippen LogP contribution in [0.5, 0.6) is 0 Å². The maximum atomic E-state index is 13.7. The van der Waals surface area contributed by atoms with Crippen molar-refractivity contribution in [3.63, 3.8) is 0 Å². The number of rotatable bonds is 4. The van der Waals surface area contributed by atoms with Crippen molar-refractivity contribution in [2.45, 2.75) is 13.5 Å². The number of carbonyl (C=O) groups is 1. The lowest BCUT2D eigenvalue weighted by Crippen LogP contribution is -2.15. The van der Waals surface area contributed by atoms with Crippen LogP contribution in [0.25, 0.3) is 0 Å². The third-order valence-electron chi connectivity index (χ3n) is 2.85. The van der Waals surface area contributed by atoms with Gasteiger partial charge in [0.25, 0.3) is 5.91 Å². The Labute approximate surface area is 109 Å². The van der Waals surface area contributed by atoms with E-state index in [-0.39, 0.29) is 12.2 Å². The molecule has 102 valence electrons. The Hall–Kier alpha value is -2.38. The van der Waals surface area contributed by atoms with Crippen molar-refractivity contribution in [1.29, 1.82) is 0 Å². The molecule has 0 saturated heterocycles. The van der Waals surface area contributed by atoms with Crippen molar-refractivity contribution in [2.24, 2.45) is 19.8 Å². The second-order valence-electron chi connectivity index (χ2n) is 4.23. The predicted molar refractivity (Wildman–Crippen MR) is 67.0 cm³/mol. The highest BCUT2D eigenvalue weighted by atomic mass is 19.1. The summed E-state index contributed by atoms with van der Waals surface area (Å²) in [6.45, 7) is 1.97. The summed E-state index contributed by atoms with van der Waals surface area (Å²) in [6.07, 6.45) is 0. The molecule has 0 aliphatic heterocycles. The van der Waals surface area contributed by atoms with Crippen molar-refractivity contribution in [2.75, 3.05) is 5.32 Å². The van der Waals surface area contributed by atoms with Crippen molar-refractivity contribution >= 4 is 11.7 Å². The molecule has 19 heavy (non-hydrogen) atoms. The van der Waals surface area contributed by atoms with E-state index < -0.39 is 11.9 Å². The number of halogens is 1. The smallest absolute Gasteiger partial charge is 0.267 e. The van der Waals surface area contributed by atoms with E-state index in [9.17, 15) is 9.18 Å². The first-order valence-electron chi connectivity index (χ1n) is 5.66. The first kappa shape index (κ1) is 13.1. The third-order valence-corrected chi connectivity index (χ3v) is 2.85. The molecule has 0 saturated carbocycles. The average molecular weight is 266 g/mol. The molecular formula is C11H15FN6O. The molecule has 2 aromatic rings. The van der Waals surface area contributed by atoms with Gasteiger partial charge >= 0.3 is 0 Å². The van der Waals surface area contributed by atoms with Gasteiger partial charge in [-0.2, -0.15) is 14.6 Å². The van der Waals surface area contributed by atoms with Crippen LogP contribution >= 0.6 is 0 Å². The Bertz CT molecular complexity index is 629. The first-order chi connectivity index (χ1) is 8.90. The molecule has 0 aromatic carbocycles. The number of amides is 1. The minimum atomic E-state index is -0.563. The lowest BCUT2D eigenvalue weighted by molar-refractivity contribution is 0.0991. The number of aromatic nitrogens is 4. The van der Waals surface area contributed by atoms with Crippen LogP contribution in [0.4, 0.5) is 10.2 Å². The summed E-state index contributed by atoms with van der Waals surface area (Å²) < 4.78 is 16.3. The Balaban J connectivity index is 2.15. The average Bonchev–Trinajstić information content (AvgIpc) is 2.80. The minimum absolute atomic E-state index is 0.237. The summed E-state index contributed by atoms with van der Waals surface area (Å²) in [5, 5.41) is 11.0. The van der Waals surface area contributed by atoms with Crippen LogP contribution in [-0.2, 0) is 20.6 Å². The summed E-state index contributed by atoms with van der Waals surface area (Å²) in [5.74, 6) is -0.498. The quantitative estimate of drug-likeness (QED) is 0.833. The van der Waals surface area contributed by atoms with E-state index in [2.05, 4.69) is 15.5 Å². The van der Waals surface area contributed by atoms with Gasteiger partial charge in [-0.3, -0.25) is 9.48 Å². The zero-order valence-electron chi connectivity index (χ0n) is 10.9. The van der Waals surface area contributed by atoms with Crippen LogP contribution in [0, 0.1) is 12.9 Å². The molecule has 0 unspecified atom stereocenters. The van der Waals surface area contributed by atoms with E-state index in [1.165, 1.54) is 22.5 Å². The van der Waals surface area contributed by atoms with Crippen LogP contribution in [0.1, 0.15) is 21.7 Å². The minimum Gasteiger partial charge on any atom is -0.364 e. The predicted octanol–water partition coefficient (Wildman–Crippen LogP) is 0.312. The number of nitrogens with two attached hydrogens (primary N) is 1. The molecule has 7 nitrogen and oxygen atoms in total. The SMILES string of the molecule is Cc1nn(C)c(F)c1CNc1cc(C(N)=O)n(C)n1. The van der Waals surface area contributed by atoms with Gasteiger partial charge in [0.15, 0.2) is 0 Å². The van der Waals surface area contributed by atoms with Gasteiger partial charge in [0.05, 0.1) is 5.69 Å². The van der Waals surface area contributed by atoms with E-state index in [0.717, 1.165) is 0 Å². The van der Waals surface area contributed by atoms with E-state index in [1.54, 1.807) is 14.0 Å². The molecule has 0 spiro atoms. The number of hydrogen-bond donors (Lipinski definition) is 2. The van der Waals surface area contributed by atoms with Gasteiger partial charge < -0.3 is 11.1 Å². The van der Waals surface area contributed by atoms with Gasteiger partial charge in [0.1, 0.15) is 11.5 Å². The van der Waals surface area contributed by atoms with Crippen LogP contribution in [-0.4, -0.2) is 25.5 Å². The molecule has 0 aliphatic rings. The van der Waals surface area contributed by atoms with Gasteiger partial charge in [-0.05, 0) is 6.92 Å². The van der Waals surface area contributed by atoms with Gasteiger partial charge in [-0.15, -0.1) is 0 Å². The third kappa shape index (κ3) is 2.42. The largest absolute Gasteiger partial charge is 0.364 e. The van der Waals surface area contributed by atoms with Crippen molar-refractivity contribution in [3.8, 4) is 0 Å².